The van der Waals surface area contributed by atoms with Crippen LogP contribution in [0.3, 0.4) is 0 Å². The summed E-state index contributed by atoms with van der Waals surface area (Å²) in [6, 6.07) is 3.92. The third kappa shape index (κ3) is 2.87. The minimum atomic E-state index is 0.528. The van der Waals surface area contributed by atoms with Crippen LogP contribution in [0.25, 0.3) is 0 Å². The molecule has 0 aromatic carbocycles. The summed E-state index contributed by atoms with van der Waals surface area (Å²) in [6.45, 7) is 0.688. The maximum absolute atomic E-state index is 6.10. The lowest BCUT2D eigenvalue weighted by molar-refractivity contribution is 0.886. The summed E-state index contributed by atoms with van der Waals surface area (Å²) in [5.41, 5.74) is 1.10. The summed E-state index contributed by atoms with van der Waals surface area (Å²) in [7, 11) is 3.70. The summed E-state index contributed by atoms with van der Waals surface area (Å²) >= 11 is 6.10. The Morgan fingerprint density at radius 2 is 2.22 bits per heavy atom. The van der Waals surface area contributed by atoms with Crippen molar-refractivity contribution in [3.63, 3.8) is 0 Å². The van der Waals surface area contributed by atoms with Gasteiger partial charge in [0.2, 0.25) is 5.95 Å². The number of anilines is 2. The van der Waals surface area contributed by atoms with Crippen LogP contribution in [0.5, 0.6) is 0 Å². The Morgan fingerprint density at radius 1 is 1.39 bits per heavy atom. The molecule has 0 saturated carbocycles. The van der Waals surface area contributed by atoms with Gasteiger partial charge >= 0.3 is 0 Å². The number of hydrogen-bond donors (Lipinski definition) is 1. The zero-order chi connectivity index (χ0) is 13.0. The van der Waals surface area contributed by atoms with Crippen LogP contribution in [0.1, 0.15) is 5.56 Å². The normalized spacial score (nSPS) is 10.2. The van der Waals surface area contributed by atoms with Gasteiger partial charge < -0.3 is 10.2 Å². The molecule has 6 heteroatoms. The van der Waals surface area contributed by atoms with Gasteiger partial charge in [-0.25, -0.2) is 4.98 Å². The standard InChI is InChI=1S/C12H14ClN5/c1-14-12-16-7-10(13)11(17-12)18(2)8-9-4-3-5-15-6-9/h3-7H,8H2,1-2H3,(H,14,16,17). The molecule has 0 aliphatic carbocycles. The summed E-state index contributed by atoms with van der Waals surface area (Å²) in [5, 5.41) is 3.42. The van der Waals surface area contributed by atoms with Crippen molar-refractivity contribution >= 4 is 23.4 Å². The molecule has 5 nitrogen and oxygen atoms in total. The topological polar surface area (TPSA) is 53.9 Å². The van der Waals surface area contributed by atoms with E-state index in [4.69, 9.17) is 11.6 Å². The lowest BCUT2D eigenvalue weighted by Crippen LogP contribution is -2.19. The first-order valence-electron chi connectivity index (χ1n) is 5.51. The van der Waals surface area contributed by atoms with Gasteiger partial charge in [-0.15, -0.1) is 0 Å². The van der Waals surface area contributed by atoms with E-state index in [0.717, 1.165) is 5.56 Å². The average molecular weight is 264 g/mol. The van der Waals surface area contributed by atoms with Crippen LogP contribution >= 0.6 is 11.6 Å². The molecule has 0 radical (unpaired) electrons. The number of nitrogens with one attached hydrogen (secondary N) is 1. The number of pyridine rings is 1. The van der Waals surface area contributed by atoms with Gasteiger partial charge in [0.25, 0.3) is 0 Å². The Kier molecular flexibility index (Phi) is 3.94. The van der Waals surface area contributed by atoms with Crippen molar-refractivity contribution < 1.29 is 0 Å². The molecule has 0 amide bonds. The number of rotatable bonds is 4. The van der Waals surface area contributed by atoms with Gasteiger partial charge in [0.05, 0.1) is 6.20 Å². The Hall–Kier alpha value is -1.88. The molecular formula is C12H14ClN5. The Bertz CT molecular complexity index is 517. The van der Waals surface area contributed by atoms with Crippen LogP contribution in [0.4, 0.5) is 11.8 Å². The fraction of sp³-hybridized carbons (Fsp3) is 0.250. The van der Waals surface area contributed by atoms with Gasteiger partial charge in [-0.1, -0.05) is 17.7 Å². The molecule has 2 aromatic heterocycles. The fourth-order valence-electron chi connectivity index (χ4n) is 1.59. The van der Waals surface area contributed by atoms with Crippen molar-refractivity contribution in [2.75, 3.05) is 24.3 Å². The Balaban J connectivity index is 2.20. The number of halogens is 1. The largest absolute Gasteiger partial charge is 0.357 e. The Labute approximate surface area is 111 Å². The molecule has 94 valence electrons. The van der Waals surface area contributed by atoms with Crippen LogP contribution < -0.4 is 10.2 Å². The van der Waals surface area contributed by atoms with E-state index in [2.05, 4.69) is 20.3 Å². The molecule has 0 spiro atoms. The monoisotopic (exact) mass is 263 g/mol. The van der Waals surface area contributed by atoms with Crippen molar-refractivity contribution in [3.8, 4) is 0 Å². The smallest absolute Gasteiger partial charge is 0.224 e. The molecule has 0 unspecified atom stereocenters. The van der Waals surface area contributed by atoms with Gasteiger partial charge in [-0.05, 0) is 11.6 Å². The summed E-state index contributed by atoms with van der Waals surface area (Å²) in [5.74, 6) is 1.24. The summed E-state index contributed by atoms with van der Waals surface area (Å²) < 4.78 is 0. The Morgan fingerprint density at radius 3 is 2.89 bits per heavy atom. The lowest BCUT2D eigenvalue weighted by atomic mass is 10.3. The molecule has 2 heterocycles. The van der Waals surface area contributed by atoms with E-state index in [1.165, 1.54) is 0 Å². The number of aromatic nitrogens is 3. The second-order valence-electron chi connectivity index (χ2n) is 3.83. The third-order valence-electron chi connectivity index (χ3n) is 2.45. The highest BCUT2D eigenvalue weighted by Crippen LogP contribution is 2.23. The molecule has 0 bridgehead atoms. The maximum atomic E-state index is 6.10. The highest BCUT2D eigenvalue weighted by Gasteiger charge is 2.10. The minimum absolute atomic E-state index is 0.528. The SMILES string of the molecule is CNc1ncc(Cl)c(N(C)Cc2cccnc2)n1. The van der Waals surface area contributed by atoms with Gasteiger partial charge in [-0.2, -0.15) is 4.98 Å². The zero-order valence-corrected chi connectivity index (χ0v) is 11.0. The summed E-state index contributed by atoms with van der Waals surface area (Å²) in [4.78, 5) is 14.4. The molecule has 0 aliphatic heterocycles. The molecule has 2 aromatic rings. The highest BCUT2D eigenvalue weighted by molar-refractivity contribution is 6.32. The van der Waals surface area contributed by atoms with Crippen LogP contribution in [0.15, 0.2) is 30.7 Å². The number of hydrogen-bond acceptors (Lipinski definition) is 5. The maximum Gasteiger partial charge on any atom is 0.224 e. The van der Waals surface area contributed by atoms with E-state index in [1.807, 2.05) is 30.3 Å². The zero-order valence-electron chi connectivity index (χ0n) is 10.3. The first kappa shape index (κ1) is 12.6. The van der Waals surface area contributed by atoms with Gasteiger partial charge in [0.1, 0.15) is 5.02 Å². The molecule has 2 rings (SSSR count). The average Bonchev–Trinajstić information content (AvgIpc) is 2.40. The highest BCUT2D eigenvalue weighted by atomic mass is 35.5. The van der Waals surface area contributed by atoms with Crippen molar-refractivity contribution in [2.24, 2.45) is 0 Å². The molecule has 0 saturated heterocycles. The van der Waals surface area contributed by atoms with Crippen molar-refractivity contribution in [3.05, 3.63) is 41.3 Å². The van der Waals surface area contributed by atoms with E-state index in [9.17, 15) is 0 Å². The van der Waals surface area contributed by atoms with E-state index in [-0.39, 0.29) is 0 Å². The number of nitrogens with zero attached hydrogens (tertiary/aromatic N) is 4. The van der Waals surface area contributed by atoms with Gasteiger partial charge in [0, 0.05) is 33.0 Å². The predicted octanol–water partition coefficient (Wildman–Crippen LogP) is 2.20. The molecular weight excluding hydrogens is 250 g/mol. The fourth-order valence-corrected chi connectivity index (χ4v) is 1.82. The second kappa shape index (κ2) is 5.64. The van der Waals surface area contributed by atoms with Gasteiger partial charge in [-0.3, -0.25) is 4.98 Å². The molecule has 0 aliphatic rings. The van der Waals surface area contributed by atoms with Crippen LogP contribution in [0, 0.1) is 0 Å². The predicted molar refractivity (Wildman–Crippen MR) is 72.9 cm³/mol. The quantitative estimate of drug-likeness (QED) is 0.917. The van der Waals surface area contributed by atoms with Crippen LogP contribution in [0.2, 0.25) is 5.02 Å². The van der Waals surface area contributed by atoms with Crippen molar-refractivity contribution in [2.45, 2.75) is 6.54 Å². The molecule has 1 N–H and O–H groups in total. The van der Waals surface area contributed by atoms with E-state index in [1.54, 1.807) is 19.4 Å². The van der Waals surface area contributed by atoms with E-state index >= 15 is 0 Å². The van der Waals surface area contributed by atoms with Crippen LogP contribution in [-0.2, 0) is 6.54 Å². The first-order valence-corrected chi connectivity index (χ1v) is 5.89. The van der Waals surface area contributed by atoms with E-state index in [0.29, 0.717) is 23.3 Å². The van der Waals surface area contributed by atoms with Gasteiger partial charge in [0.15, 0.2) is 5.82 Å². The van der Waals surface area contributed by atoms with Crippen molar-refractivity contribution in [1.29, 1.82) is 0 Å². The molecule has 0 atom stereocenters. The van der Waals surface area contributed by atoms with E-state index < -0.39 is 0 Å². The first-order chi connectivity index (χ1) is 8.70. The molecule has 0 fully saturated rings. The lowest BCUT2D eigenvalue weighted by Gasteiger charge is -2.19. The minimum Gasteiger partial charge on any atom is -0.357 e. The van der Waals surface area contributed by atoms with Crippen LogP contribution in [-0.4, -0.2) is 29.0 Å². The molecule has 18 heavy (non-hydrogen) atoms. The second-order valence-corrected chi connectivity index (χ2v) is 4.24. The van der Waals surface area contributed by atoms with Crippen molar-refractivity contribution in [1.82, 2.24) is 15.0 Å². The summed E-state index contributed by atoms with van der Waals surface area (Å²) in [6.07, 6.45) is 5.17. The third-order valence-corrected chi connectivity index (χ3v) is 2.72.